The minimum atomic E-state index is -2.88. The molecule has 0 aromatic heterocycles. The SMILES string of the molecule is NC(Cc1cc(F)ccc1Br)c1cccc(OC(F)F)c1. The molecule has 1 atom stereocenters. The minimum Gasteiger partial charge on any atom is -0.435 e. The van der Waals surface area contributed by atoms with Crippen molar-refractivity contribution in [3.05, 3.63) is 63.9 Å². The quantitative estimate of drug-likeness (QED) is 0.856. The van der Waals surface area contributed by atoms with Crippen molar-refractivity contribution in [1.82, 2.24) is 0 Å². The van der Waals surface area contributed by atoms with Crippen LogP contribution in [0.4, 0.5) is 13.2 Å². The molecule has 0 saturated carbocycles. The van der Waals surface area contributed by atoms with Crippen molar-refractivity contribution in [1.29, 1.82) is 0 Å². The van der Waals surface area contributed by atoms with E-state index in [1.807, 2.05) is 0 Å². The second-order valence-corrected chi connectivity index (χ2v) is 5.35. The van der Waals surface area contributed by atoms with Crippen LogP contribution in [0.25, 0.3) is 0 Å². The van der Waals surface area contributed by atoms with Crippen LogP contribution < -0.4 is 10.5 Å². The number of alkyl halides is 2. The summed E-state index contributed by atoms with van der Waals surface area (Å²) in [7, 11) is 0. The lowest BCUT2D eigenvalue weighted by molar-refractivity contribution is -0.0499. The normalized spacial score (nSPS) is 12.5. The number of halogens is 4. The molecule has 2 N–H and O–H groups in total. The van der Waals surface area contributed by atoms with Gasteiger partial charge in [0.2, 0.25) is 0 Å². The highest BCUT2D eigenvalue weighted by molar-refractivity contribution is 9.10. The lowest BCUT2D eigenvalue weighted by Crippen LogP contribution is -2.14. The predicted molar refractivity (Wildman–Crippen MR) is 77.8 cm³/mol. The van der Waals surface area contributed by atoms with E-state index in [-0.39, 0.29) is 11.6 Å². The summed E-state index contributed by atoms with van der Waals surface area (Å²) in [5.74, 6) is -0.300. The Morgan fingerprint density at radius 1 is 1.14 bits per heavy atom. The first kappa shape index (κ1) is 15.9. The van der Waals surface area contributed by atoms with Crippen LogP contribution >= 0.6 is 15.9 Å². The predicted octanol–water partition coefficient (Wildman–Crippen LogP) is 4.43. The van der Waals surface area contributed by atoms with E-state index in [2.05, 4.69) is 20.7 Å². The van der Waals surface area contributed by atoms with Gasteiger partial charge in [-0.05, 0) is 47.9 Å². The zero-order valence-corrected chi connectivity index (χ0v) is 12.5. The summed E-state index contributed by atoms with van der Waals surface area (Å²) in [5, 5.41) is 0. The molecule has 0 aliphatic rings. The van der Waals surface area contributed by atoms with Gasteiger partial charge in [0.15, 0.2) is 0 Å². The summed E-state index contributed by atoms with van der Waals surface area (Å²) >= 11 is 3.33. The molecule has 1 unspecified atom stereocenters. The van der Waals surface area contributed by atoms with Gasteiger partial charge in [-0.3, -0.25) is 0 Å². The Labute approximate surface area is 128 Å². The van der Waals surface area contributed by atoms with E-state index in [4.69, 9.17) is 5.73 Å². The largest absolute Gasteiger partial charge is 0.435 e. The van der Waals surface area contributed by atoms with Gasteiger partial charge in [0.05, 0.1) is 0 Å². The number of hydrogen-bond acceptors (Lipinski definition) is 2. The molecule has 0 fully saturated rings. The maximum absolute atomic E-state index is 13.2. The first-order valence-corrected chi connectivity index (χ1v) is 6.99. The van der Waals surface area contributed by atoms with Crippen molar-refractivity contribution in [2.45, 2.75) is 19.1 Å². The highest BCUT2D eigenvalue weighted by Gasteiger charge is 2.12. The van der Waals surface area contributed by atoms with E-state index in [1.165, 1.54) is 24.3 Å². The summed E-state index contributed by atoms with van der Waals surface area (Å²) in [6, 6.07) is 10.1. The van der Waals surface area contributed by atoms with Gasteiger partial charge in [-0.1, -0.05) is 28.1 Å². The highest BCUT2D eigenvalue weighted by atomic mass is 79.9. The standard InChI is InChI=1S/C15H13BrF3NO/c16-13-5-4-11(17)6-10(13)8-14(20)9-2-1-3-12(7-9)21-15(18)19/h1-7,14-15H,8,20H2. The first-order valence-electron chi connectivity index (χ1n) is 6.20. The van der Waals surface area contributed by atoms with Crippen LogP contribution in [0.15, 0.2) is 46.9 Å². The van der Waals surface area contributed by atoms with Gasteiger partial charge in [-0.25, -0.2) is 4.39 Å². The fraction of sp³-hybridized carbons (Fsp3) is 0.200. The van der Waals surface area contributed by atoms with Gasteiger partial charge in [0.25, 0.3) is 0 Å². The number of benzene rings is 2. The van der Waals surface area contributed by atoms with E-state index in [0.29, 0.717) is 17.5 Å². The van der Waals surface area contributed by atoms with Crippen LogP contribution in [-0.4, -0.2) is 6.61 Å². The summed E-state index contributed by atoms with van der Waals surface area (Å²) < 4.78 is 42.7. The Morgan fingerprint density at radius 3 is 2.62 bits per heavy atom. The maximum atomic E-state index is 13.2. The lowest BCUT2D eigenvalue weighted by Gasteiger charge is -2.15. The zero-order valence-electron chi connectivity index (χ0n) is 10.9. The summed E-state index contributed by atoms with van der Waals surface area (Å²) in [6.07, 6.45) is 0.372. The second-order valence-electron chi connectivity index (χ2n) is 4.50. The smallest absolute Gasteiger partial charge is 0.387 e. The van der Waals surface area contributed by atoms with Crippen molar-refractivity contribution in [3.63, 3.8) is 0 Å². The Balaban J connectivity index is 2.16. The van der Waals surface area contributed by atoms with Crippen LogP contribution in [0.5, 0.6) is 5.75 Å². The molecule has 2 rings (SSSR count). The van der Waals surface area contributed by atoms with E-state index in [9.17, 15) is 13.2 Å². The summed E-state index contributed by atoms with van der Waals surface area (Å²) in [5.41, 5.74) is 7.41. The third kappa shape index (κ3) is 4.47. The van der Waals surface area contributed by atoms with E-state index >= 15 is 0 Å². The molecule has 0 heterocycles. The lowest BCUT2D eigenvalue weighted by atomic mass is 9.99. The first-order chi connectivity index (χ1) is 9.95. The van der Waals surface area contributed by atoms with Gasteiger partial charge in [0.1, 0.15) is 11.6 Å². The van der Waals surface area contributed by atoms with Crippen molar-refractivity contribution < 1.29 is 17.9 Å². The Morgan fingerprint density at radius 2 is 1.90 bits per heavy atom. The molecule has 0 saturated heterocycles. The van der Waals surface area contributed by atoms with Crippen molar-refractivity contribution in [3.8, 4) is 5.75 Å². The van der Waals surface area contributed by atoms with Gasteiger partial charge in [-0.15, -0.1) is 0 Å². The number of ether oxygens (including phenoxy) is 1. The topological polar surface area (TPSA) is 35.2 Å². The third-order valence-electron chi connectivity index (χ3n) is 2.96. The van der Waals surface area contributed by atoms with Crippen molar-refractivity contribution >= 4 is 15.9 Å². The van der Waals surface area contributed by atoms with E-state index in [1.54, 1.807) is 18.2 Å². The molecule has 0 spiro atoms. The molecular weight excluding hydrogens is 347 g/mol. The highest BCUT2D eigenvalue weighted by Crippen LogP contribution is 2.25. The molecule has 0 aliphatic carbocycles. The van der Waals surface area contributed by atoms with Crippen LogP contribution in [0.3, 0.4) is 0 Å². The number of hydrogen-bond donors (Lipinski definition) is 1. The molecule has 0 aliphatic heterocycles. The van der Waals surface area contributed by atoms with Crippen molar-refractivity contribution in [2.75, 3.05) is 0 Å². The van der Waals surface area contributed by atoms with Crippen molar-refractivity contribution in [2.24, 2.45) is 5.73 Å². The molecule has 0 amide bonds. The maximum Gasteiger partial charge on any atom is 0.387 e. The molecule has 0 bridgehead atoms. The number of nitrogens with two attached hydrogens (primary N) is 1. The monoisotopic (exact) mass is 359 g/mol. The molecule has 112 valence electrons. The van der Waals surface area contributed by atoms with Gasteiger partial charge in [-0.2, -0.15) is 8.78 Å². The molecular formula is C15H13BrF3NO. The second kappa shape index (κ2) is 6.95. The van der Waals surface area contributed by atoms with Crippen LogP contribution in [0, 0.1) is 5.82 Å². The molecule has 0 radical (unpaired) electrons. The summed E-state index contributed by atoms with van der Waals surface area (Å²) in [4.78, 5) is 0. The Kier molecular flexibility index (Phi) is 5.25. The fourth-order valence-corrected chi connectivity index (χ4v) is 2.38. The third-order valence-corrected chi connectivity index (χ3v) is 3.73. The van der Waals surface area contributed by atoms with Crippen LogP contribution in [-0.2, 0) is 6.42 Å². The molecule has 6 heteroatoms. The molecule has 2 aromatic carbocycles. The average molecular weight is 360 g/mol. The molecule has 2 aromatic rings. The van der Waals surface area contributed by atoms with E-state index < -0.39 is 12.7 Å². The number of rotatable bonds is 5. The van der Waals surface area contributed by atoms with Gasteiger partial charge in [0, 0.05) is 10.5 Å². The zero-order chi connectivity index (χ0) is 15.4. The Hall–Kier alpha value is -1.53. The van der Waals surface area contributed by atoms with Gasteiger partial charge >= 0.3 is 6.61 Å². The summed E-state index contributed by atoms with van der Waals surface area (Å²) in [6.45, 7) is -2.88. The van der Waals surface area contributed by atoms with Gasteiger partial charge < -0.3 is 10.5 Å². The van der Waals surface area contributed by atoms with Crippen LogP contribution in [0.1, 0.15) is 17.2 Å². The van der Waals surface area contributed by atoms with E-state index in [0.717, 1.165) is 4.47 Å². The minimum absolute atomic E-state index is 0.0521. The molecule has 21 heavy (non-hydrogen) atoms. The fourth-order valence-electron chi connectivity index (χ4n) is 1.98. The average Bonchev–Trinajstić information content (AvgIpc) is 2.42. The Bertz CT molecular complexity index is 622. The molecule has 2 nitrogen and oxygen atoms in total. The van der Waals surface area contributed by atoms with Crippen LogP contribution in [0.2, 0.25) is 0 Å².